The Morgan fingerprint density at radius 2 is 1.81 bits per heavy atom. The van der Waals surface area contributed by atoms with E-state index in [0.717, 1.165) is 58.3 Å². The fourth-order valence-corrected chi connectivity index (χ4v) is 9.12. The molecule has 0 spiro atoms. The Balaban J connectivity index is 1.24. The minimum absolute atomic E-state index is 0.169. The number of nitrogens with zero attached hydrogens (tertiary/aromatic N) is 3. The molecule has 0 amide bonds. The summed E-state index contributed by atoms with van der Waals surface area (Å²) >= 11 is 12.6. The van der Waals surface area contributed by atoms with Gasteiger partial charge in [-0.2, -0.15) is 0 Å². The molecule has 3 heterocycles. The van der Waals surface area contributed by atoms with E-state index < -0.39 is 7.14 Å². The Labute approximate surface area is 254 Å². The summed E-state index contributed by atoms with van der Waals surface area (Å²) < 4.78 is 15.3. The van der Waals surface area contributed by atoms with Gasteiger partial charge in [0.05, 0.1) is 27.1 Å². The van der Waals surface area contributed by atoms with Crippen molar-refractivity contribution in [3.63, 3.8) is 0 Å². The van der Waals surface area contributed by atoms with Gasteiger partial charge in [-0.25, -0.2) is 4.98 Å². The van der Waals surface area contributed by atoms with E-state index >= 15 is 0 Å². The number of H-pyrrole nitrogens is 1. The minimum atomic E-state index is -2.32. The molecular formula is C32H32Cl2N5O2P. The highest BCUT2D eigenvalue weighted by Gasteiger charge is 2.29. The van der Waals surface area contributed by atoms with E-state index in [1.807, 2.05) is 80.1 Å². The lowest BCUT2D eigenvalue weighted by Gasteiger charge is -2.31. The topological polar surface area (TPSA) is 83.0 Å². The van der Waals surface area contributed by atoms with Gasteiger partial charge in [-0.3, -0.25) is 9.69 Å². The van der Waals surface area contributed by atoms with E-state index in [0.29, 0.717) is 39.2 Å². The number of fused-ring (bicyclic) bond motifs is 3. The number of aryl methyl sites for hydroxylation is 3. The van der Waals surface area contributed by atoms with Gasteiger partial charge in [0.1, 0.15) is 7.14 Å². The first kappa shape index (κ1) is 28.8. The molecule has 216 valence electrons. The van der Waals surface area contributed by atoms with Crippen molar-refractivity contribution in [3.05, 3.63) is 97.9 Å². The van der Waals surface area contributed by atoms with Crippen LogP contribution >= 0.6 is 30.3 Å². The van der Waals surface area contributed by atoms with Gasteiger partial charge >= 0.3 is 0 Å². The van der Waals surface area contributed by atoms with Crippen LogP contribution in [0.4, 0.5) is 11.6 Å². The monoisotopic (exact) mass is 619 g/mol. The van der Waals surface area contributed by atoms with E-state index in [1.165, 1.54) is 0 Å². The Hall–Kier alpha value is -3.35. The second-order valence-electron chi connectivity index (χ2n) is 10.9. The van der Waals surface area contributed by atoms with E-state index in [1.54, 1.807) is 6.07 Å². The van der Waals surface area contributed by atoms with Gasteiger partial charge in [0.15, 0.2) is 0 Å². The summed E-state index contributed by atoms with van der Waals surface area (Å²) in [6, 6.07) is 17.3. The maximum absolute atomic E-state index is 13.5. The maximum Gasteiger partial charge on any atom is 0.258 e. The predicted octanol–water partition coefficient (Wildman–Crippen LogP) is 7.10. The fraction of sp³-hybridized carbons (Fsp3) is 0.250. The largest absolute Gasteiger partial charge is 0.324 e. The molecule has 42 heavy (non-hydrogen) atoms. The molecule has 2 N–H and O–H groups in total. The van der Waals surface area contributed by atoms with Gasteiger partial charge in [-0.1, -0.05) is 65.7 Å². The SMILES string of the molecule is Cc1cc(Cl)cc(Cl)c1Nc1nc2ccc3c(C)c(/C=C/CN4CCP(=O)(c5ccccc5)CC4)[nH]c(=O)c3c2n1C. The summed E-state index contributed by atoms with van der Waals surface area (Å²) in [5.74, 6) is 0.573. The number of pyridine rings is 1. The molecule has 1 aliphatic heterocycles. The second kappa shape index (κ2) is 11.4. The molecule has 10 heteroatoms. The molecule has 1 fully saturated rings. The van der Waals surface area contributed by atoms with E-state index in [-0.39, 0.29) is 5.56 Å². The van der Waals surface area contributed by atoms with Crippen molar-refractivity contribution in [2.45, 2.75) is 13.8 Å². The zero-order chi connectivity index (χ0) is 29.6. The molecule has 0 saturated carbocycles. The Morgan fingerprint density at radius 1 is 1.07 bits per heavy atom. The number of halogens is 2. The second-order valence-corrected chi connectivity index (χ2v) is 15.0. The summed E-state index contributed by atoms with van der Waals surface area (Å²) in [5.41, 5.74) is 4.67. The Kier molecular flexibility index (Phi) is 7.79. The van der Waals surface area contributed by atoms with Crippen molar-refractivity contribution in [3.8, 4) is 0 Å². The molecule has 0 aliphatic carbocycles. The van der Waals surface area contributed by atoms with Gasteiger partial charge in [0, 0.05) is 55.0 Å². The van der Waals surface area contributed by atoms with Crippen LogP contribution < -0.4 is 16.2 Å². The standard InChI is InChI=1S/C32H32Cl2N5O2P/c1-20-18-22(33)19-25(34)29(20)37-32-36-27-12-11-24-21(2)26(35-31(40)28(24)30(27)38(32)3)10-7-13-39-14-16-42(41,17-15-39)23-8-5-4-6-9-23/h4-12,18-19H,13-17H2,1-3H3,(H,35,40)(H,36,37)/b10-7+. The van der Waals surface area contributed by atoms with Crippen LogP contribution in [0.25, 0.3) is 27.9 Å². The quantitative estimate of drug-likeness (QED) is 0.198. The molecule has 7 nitrogen and oxygen atoms in total. The number of benzene rings is 3. The van der Waals surface area contributed by atoms with Gasteiger partial charge in [-0.15, -0.1) is 0 Å². The van der Waals surface area contributed by atoms with Crippen LogP contribution in [0.3, 0.4) is 0 Å². The first-order valence-electron chi connectivity index (χ1n) is 13.9. The van der Waals surface area contributed by atoms with Crippen molar-refractivity contribution < 1.29 is 4.57 Å². The summed E-state index contributed by atoms with van der Waals surface area (Å²) in [6.07, 6.45) is 5.44. The van der Waals surface area contributed by atoms with Gasteiger partial charge in [0.2, 0.25) is 5.95 Å². The third kappa shape index (κ3) is 5.31. The number of imidazole rings is 1. The highest BCUT2D eigenvalue weighted by atomic mass is 35.5. The zero-order valence-corrected chi connectivity index (χ0v) is 26.2. The number of anilines is 2. The normalized spacial score (nSPS) is 15.6. The number of aromatic amines is 1. The molecule has 5 aromatic rings. The van der Waals surface area contributed by atoms with Crippen molar-refractivity contribution >= 4 is 75.2 Å². The van der Waals surface area contributed by atoms with E-state index in [9.17, 15) is 9.36 Å². The average molecular weight is 621 g/mol. The third-order valence-electron chi connectivity index (χ3n) is 8.24. The highest BCUT2D eigenvalue weighted by molar-refractivity contribution is 7.71. The molecule has 0 atom stereocenters. The summed E-state index contributed by atoms with van der Waals surface area (Å²) in [5, 5.41) is 6.84. The molecule has 2 aromatic heterocycles. The van der Waals surface area contributed by atoms with Gasteiger partial charge < -0.3 is 19.4 Å². The lowest BCUT2D eigenvalue weighted by molar-refractivity contribution is 0.328. The molecule has 1 saturated heterocycles. The summed E-state index contributed by atoms with van der Waals surface area (Å²) in [6.45, 7) is 6.26. The lowest BCUT2D eigenvalue weighted by Crippen LogP contribution is -2.37. The third-order valence-corrected chi connectivity index (χ3v) is 11.8. The van der Waals surface area contributed by atoms with Crippen molar-refractivity contribution in [2.75, 3.05) is 37.3 Å². The number of hydrogen-bond acceptors (Lipinski definition) is 5. The first-order valence-corrected chi connectivity index (χ1v) is 16.8. The minimum Gasteiger partial charge on any atom is -0.324 e. The summed E-state index contributed by atoms with van der Waals surface area (Å²) in [4.78, 5) is 23.6. The maximum atomic E-state index is 13.5. The van der Waals surface area contributed by atoms with Gasteiger partial charge in [0.25, 0.3) is 5.56 Å². The van der Waals surface area contributed by atoms with Crippen molar-refractivity contribution in [1.82, 2.24) is 19.4 Å². The van der Waals surface area contributed by atoms with Crippen LogP contribution in [0.5, 0.6) is 0 Å². The number of nitrogens with one attached hydrogen (secondary N) is 2. The van der Waals surface area contributed by atoms with Crippen LogP contribution in [0.15, 0.2) is 65.5 Å². The molecular weight excluding hydrogens is 588 g/mol. The van der Waals surface area contributed by atoms with E-state index in [4.69, 9.17) is 28.2 Å². The number of rotatable bonds is 6. The fourth-order valence-electron chi connectivity index (χ4n) is 5.81. The lowest BCUT2D eigenvalue weighted by atomic mass is 10.0. The van der Waals surface area contributed by atoms with Crippen LogP contribution in [0.2, 0.25) is 10.0 Å². The summed E-state index contributed by atoms with van der Waals surface area (Å²) in [7, 11) is -0.439. The molecule has 0 bridgehead atoms. The van der Waals surface area contributed by atoms with Crippen molar-refractivity contribution in [1.29, 1.82) is 0 Å². The molecule has 3 aromatic carbocycles. The van der Waals surface area contributed by atoms with E-state index in [2.05, 4.69) is 21.3 Å². The average Bonchev–Trinajstić information content (AvgIpc) is 3.29. The molecule has 1 aliphatic rings. The van der Waals surface area contributed by atoms with Crippen LogP contribution in [0.1, 0.15) is 16.8 Å². The highest BCUT2D eigenvalue weighted by Crippen LogP contribution is 2.46. The number of aromatic nitrogens is 3. The predicted molar refractivity (Wildman–Crippen MR) is 177 cm³/mol. The molecule has 6 rings (SSSR count). The van der Waals surface area contributed by atoms with Crippen LogP contribution in [-0.4, -0.2) is 51.4 Å². The van der Waals surface area contributed by atoms with Crippen LogP contribution in [-0.2, 0) is 11.6 Å². The van der Waals surface area contributed by atoms with Crippen LogP contribution in [0, 0.1) is 13.8 Å². The molecule has 0 unspecified atom stereocenters. The zero-order valence-electron chi connectivity index (χ0n) is 23.7. The van der Waals surface area contributed by atoms with Gasteiger partial charge in [-0.05, 0) is 54.6 Å². The first-order chi connectivity index (χ1) is 20.1. The molecule has 0 radical (unpaired) electrons. The number of hydrogen-bond donors (Lipinski definition) is 2. The smallest absolute Gasteiger partial charge is 0.258 e. The Bertz CT molecular complexity index is 1930. The Morgan fingerprint density at radius 3 is 2.52 bits per heavy atom. The van der Waals surface area contributed by atoms with Crippen molar-refractivity contribution in [2.24, 2.45) is 7.05 Å².